The molecular weight excluding hydrogens is 307 g/mol. The van der Waals surface area contributed by atoms with E-state index in [1.165, 1.54) is 22.9 Å². The number of alkyl halides is 1. The third kappa shape index (κ3) is 2.03. The zero-order valence-corrected chi connectivity index (χ0v) is 11.5. The molecule has 0 aliphatic rings. The summed E-state index contributed by atoms with van der Waals surface area (Å²) in [5.74, 6) is -1.53. The van der Waals surface area contributed by atoms with Gasteiger partial charge in [0.05, 0.1) is 16.6 Å². The molecular formula is C13H7Cl2F2N3. The third-order valence-corrected chi connectivity index (χ3v) is 3.27. The summed E-state index contributed by atoms with van der Waals surface area (Å²) in [5.41, 5.74) is 0.851. The molecule has 3 aromatic rings. The van der Waals surface area contributed by atoms with Crippen LogP contribution < -0.4 is 0 Å². The minimum absolute atomic E-state index is 0.0120. The van der Waals surface area contributed by atoms with Crippen molar-refractivity contribution in [2.75, 3.05) is 0 Å². The van der Waals surface area contributed by atoms with E-state index in [1.54, 1.807) is 6.07 Å². The minimum atomic E-state index is -0.977. The first-order chi connectivity index (χ1) is 9.61. The van der Waals surface area contributed by atoms with Gasteiger partial charge in [-0.1, -0.05) is 17.7 Å². The maximum absolute atomic E-state index is 14.0. The van der Waals surface area contributed by atoms with Crippen molar-refractivity contribution in [2.45, 2.75) is 5.88 Å². The van der Waals surface area contributed by atoms with E-state index in [4.69, 9.17) is 23.2 Å². The van der Waals surface area contributed by atoms with Crippen LogP contribution in [0.1, 0.15) is 5.82 Å². The summed E-state index contributed by atoms with van der Waals surface area (Å²) in [4.78, 5) is 8.35. The molecule has 1 aromatic carbocycles. The van der Waals surface area contributed by atoms with Gasteiger partial charge in [-0.05, 0) is 18.2 Å². The Balaban J connectivity index is 2.37. The van der Waals surface area contributed by atoms with E-state index in [0.29, 0.717) is 22.0 Å². The Morgan fingerprint density at radius 2 is 2.05 bits per heavy atom. The van der Waals surface area contributed by atoms with E-state index >= 15 is 0 Å². The van der Waals surface area contributed by atoms with E-state index in [1.807, 2.05) is 0 Å². The molecule has 7 heteroatoms. The van der Waals surface area contributed by atoms with Crippen molar-refractivity contribution in [3.05, 3.63) is 52.9 Å². The lowest BCUT2D eigenvalue weighted by atomic mass is 10.3. The third-order valence-electron chi connectivity index (χ3n) is 2.82. The number of fused-ring (bicyclic) bond motifs is 1. The number of rotatable bonds is 2. The second kappa shape index (κ2) is 5.00. The van der Waals surface area contributed by atoms with Gasteiger partial charge in [-0.15, -0.1) is 11.6 Å². The van der Waals surface area contributed by atoms with Gasteiger partial charge in [0.2, 0.25) is 0 Å². The number of nitrogens with zero attached hydrogens (tertiary/aromatic N) is 3. The normalized spacial score (nSPS) is 11.2. The molecule has 0 saturated heterocycles. The molecule has 0 radical (unpaired) electrons. The average Bonchev–Trinajstić information content (AvgIpc) is 2.79. The molecule has 0 N–H and O–H groups in total. The maximum Gasteiger partial charge on any atom is 0.182 e. The van der Waals surface area contributed by atoms with Crippen molar-refractivity contribution >= 4 is 34.4 Å². The topological polar surface area (TPSA) is 30.7 Å². The lowest BCUT2D eigenvalue weighted by Gasteiger charge is -2.08. The molecule has 0 aliphatic heterocycles. The van der Waals surface area contributed by atoms with Crippen LogP contribution in [0.5, 0.6) is 0 Å². The van der Waals surface area contributed by atoms with Gasteiger partial charge in [0.1, 0.15) is 11.3 Å². The van der Waals surface area contributed by atoms with Gasteiger partial charge in [-0.2, -0.15) is 0 Å². The standard InChI is InChI=1S/C13H7Cl2F2N3/c14-5-11-19-9-4-7(15)6-18-13(9)20(11)10-3-1-2-8(16)12(10)17/h1-4,6H,5H2. The van der Waals surface area contributed by atoms with Crippen molar-refractivity contribution in [3.63, 3.8) is 0 Å². The first kappa shape index (κ1) is 13.3. The average molecular weight is 314 g/mol. The van der Waals surface area contributed by atoms with E-state index in [0.717, 1.165) is 6.07 Å². The second-order valence-electron chi connectivity index (χ2n) is 4.07. The molecule has 2 aromatic heterocycles. The van der Waals surface area contributed by atoms with Gasteiger partial charge in [0, 0.05) is 6.20 Å². The Hall–Kier alpha value is -1.72. The molecule has 0 bridgehead atoms. The summed E-state index contributed by atoms with van der Waals surface area (Å²) in [5, 5.41) is 0.406. The molecule has 2 heterocycles. The molecule has 0 unspecified atom stereocenters. The summed E-state index contributed by atoms with van der Waals surface area (Å²) in [7, 11) is 0. The lowest BCUT2D eigenvalue weighted by Crippen LogP contribution is -2.04. The number of pyridine rings is 1. The molecule has 3 rings (SSSR count). The first-order valence-electron chi connectivity index (χ1n) is 5.65. The number of halogens is 4. The number of aromatic nitrogens is 3. The molecule has 0 spiro atoms. The zero-order chi connectivity index (χ0) is 14.3. The zero-order valence-electron chi connectivity index (χ0n) is 9.95. The monoisotopic (exact) mass is 313 g/mol. The highest BCUT2D eigenvalue weighted by Gasteiger charge is 2.18. The Bertz CT molecular complexity index is 802. The van der Waals surface area contributed by atoms with Crippen molar-refractivity contribution in [2.24, 2.45) is 0 Å². The number of hydrogen-bond donors (Lipinski definition) is 0. The summed E-state index contributed by atoms with van der Waals surface area (Å²) in [6.07, 6.45) is 1.41. The Labute approximate surface area is 122 Å². The van der Waals surface area contributed by atoms with Crippen LogP contribution in [0.3, 0.4) is 0 Å². The lowest BCUT2D eigenvalue weighted by molar-refractivity contribution is 0.504. The van der Waals surface area contributed by atoms with Gasteiger partial charge in [0.15, 0.2) is 17.3 Å². The van der Waals surface area contributed by atoms with Crippen LogP contribution in [-0.4, -0.2) is 14.5 Å². The van der Waals surface area contributed by atoms with Gasteiger partial charge < -0.3 is 0 Å². The van der Waals surface area contributed by atoms with Crippen LogP contribution >= 0.6 is 23.2 Å². The Kier molecular flexibility index (Phi) is 3.31. The van der Waals surface area contributed by atoms with Crippen LogP contribution in [0, 0.1) is 11.6 Å². The van der Waals surface area contributed by atoms with Crippen LogP contribution in [0.25, 0.3) is 16.9 Å². The van der Waals surface area contributed by atoms with Crippen molar-refractivity contribution in [1.29, 1.82) is 0 Å². The van der Waals surface area contributed by atoms with Crippen LogP contribution in [0.15, 0.2) is 30.5 Å². The maximum atomic E-state index is 14.0. The Morgan fingerprint density at radius 1 is 1.25 bits per heavy atom. The summed E-state index contributed by atoms with van der Waals surface area (Å²) in [6, 6.07) is 5.48. The predicted octanol–water partition coefficient (Wildman–Crippen LogP) is 4.09. The summed E-state index contributed by atoms with van der Waals surface area (Å²) in [6.45, 7) is 0. The van der Waals surface area contributed by atoms with Crippen LogP contribution in [-0.2, 0) is 5.88 Å². The molecule has 0 saturated carbocycles. The summed E-state index contributed by atoms with van der Waals surface area (Å²) < 4.78 is 28.7. The highest BCUT2D eigenvalue weighted by atomic mass is 35.5. The quantitative estimate of drug-likeness (QED) is 0.667. The fourth-order valence-corrected chi connectivity index (χ4v) is 2.33. The molecule has 102 valence electrons. The molecule has 0 aliphatic carbocycles. The van der Waals surface area contributed by atoms with E-state index in [-0.39, 0.29) is 11.6 Å². The molecule has 0 atom stereocenters. The SMILES string of the molecule is Fc1cccc(-n2c(CCl)nc3cc(Cl)cnc32)c1F. The van der Waals surface area contributed by atoms with Crippen molar-refractivity contribution < 1.29 is 8.78 Å². The van der Waals surface area contributed by atoms with Crippen LogP contribution in [0.4, 0.5) is 8.78 Å². The van der Waals surface area contributed by atoms with Gasteiger partial charge in [-0.3, -0.25) is 4.57 Å². The van der Waals surface area contributed by atoms with E-state index < -0.39 is 11.6 Å². The van der Waals surface area contributed by atoms with Gasteiger partial charge >= 0.3 is 0 Å². The largest absolute Gasteiger partial charge is 0.277 e. The Morgan fingerprint density at radius 3 is 2.80 bits per heavy atom. The van der Waals surface area contributed by atoms with Crippen molar-refractivity contribution in [3.8, 4) is 5.69 Å². The minimum Gasteiger partial charge on any atom is -0.277 e. The summed E-state index contributed by atoms with van der Waals surface area (Å²) >= 11 is 11.7. The van der Waals surface area contributed by atoms with E-state index in [9.17, 15) is 8.78 Å². The molecule has 3 nitrogen and oxygen atoms in total. The van der Waals surface area contributed by atoms with Gasteiger partial charge in [-0.25, -0.2) is 18.7 Å². The highest BCUT2D eigenvalue weighted by Crippen LogP contribution is 2.25. The highest BCUT2D eigenvalue weighted by molar-refractivity contribution is 6.31. The molecule has 0 amide bonds. The molecule has 20 heavy (non-hydrogen) atoms. The fourth-order valence-electron chi connectivity index (χ4n) is 2.00. The van der Waals surface area contributed by atoms with Crippen molar-refractivity contribution in [1.82, 2.24) is 14.5 Å². The van der Waals surface area contributed by atoms with Gasteiger partial charge in [0.25, 0.3) is 0 Å². The molecule has 0 fully saturated rings. The smallest absolute Gasteiger partial charge is 0.182 e. The number of hydrogen-bond acceptors (Lipinski definition) is 2. The number of imidazole rings is 1. The second-order valence-corrected chi connectivity index (χ2v) is 4.77. The first-order valence-corrected chi connectivity index (χ1v) is 6.56. The van der Waals surface area contributed by atoms with E-state index in [2.05, 4.69) is 9.97 Å². The van der Waals surface area contributed by atoms with Crippen LogP contribution in [0.2, 0.25) is 5.02 Å². The predicted molar refractivity (Wildman–Crippen MR) is 73.3 cm³/mol. The fraction of sp³-hybridized carbons (Fsp3) is 0.0769. The number of benzene rings is 1.